The third-order valence-electron chi connectivity index (χ3n) is 4.90. The maximum atomic E-state index is 13.5. The van der Waals surface area contributed by atoms with Crippen molar-refractivity contribution >= 4 is 5.91 Å². The lowest BCUT2D eigenvalue weighted by Crippen LogP contribution is -2.54. The number of halogens is 2. The fourth-order valence-electron chi connectivity index (χ4n) is 3.63. The zero-order valence-corrected chi connectivity index (χ0v) is 15.4. The molecule has 0 aliphatic carbocycles. The van der Waals surface area contributed by atoms with Crippen LogP contribution in [0.15, 0.2) is 42.5 Å². The van der Waals surface area contributed by atoms with Crippen molar-refractivity contribution in [2.24, 2.45) is 0 Å². The molecule has 0 fully saturated rings. The Morgan fingerprint density at radius 2 is 1.69 bits per heavy atom. The van der Waals surface area contributed by atoms with Gasteiger partial charge >= 0.3 is 0 Å². The summed E-state index contributed by atoms with van der Waals surface area (Å²) in [5, 5.41) is 0. The first-order chi connectivity index (χ1) is 12.2. The summed E-state index contributed by atoms with van der Waals surface area (Å²) in [6, 6.07) is 10.1. The van der Waals surface area contributed by atoms with E-state index in [0.717, 1.165) is 11.1 Å². The normalized spacial score (nSPS) is 19.8. The minimum atomic E-state index is -1.11. The number of rotatable bonds is 3. The summed E-state index contributed by atoms with van der Waals surface area (Å²) in [4.78, 5) is 15.0. The highest BCUT2D eigenvalue weighted by atomic mass is 19.1. The average Bonchev–Trinajstić information content (AvgIpc) is 2.56. The molecule has 0 N–H and O–H groups in total. The van der Waals surface area contributed by atoms with Crippen LogP contribution in [0.5, 0.6) is 5.75 Å². The van der Waals surface area contributed by atoms with E-state index in [-0.39, 0.29) is 29.6 Å². The van der Waals surface area contributed by atoms with E-state index in [1.54, 1.807) is 30.9 Å². The van der Waals surface area contributed by atoms with Gasteiger partial charge in [-0.1, -0.05) is 6.07 Å². The van der Waals surface area contributed by atoms with Crippen LogP contribution in [0, 0.1) is 11.6 Å². The molecule has 1 aliphatic rings. The van der Waals surface area contributed by atoms with Crippen LogP contribution in [0.4, 0.5) is 8.78 Å². The molecular formula is C21H23F2NO2. The summed E-state index contributed by atoms with van der Waals surface area (Å²) < 4.78 is 32.5. The predicted octanol–water partition coefficient (Wildman–Crippen LogP) is 4.66. The zero-order valence-electron chi connectivity index (χ0n) is 15.4. The molecule has 2 unspecified atom stereocenters. The summed E-state index contributed by atoms with van der Waals surface area (Å²) in [7, 11) is 0. The van der Waals surface area contributed by atoms with E-state index < -0.39 is 5.60 Å². The molecule has 0 radical (unpaired) electrons. The van der Waals surface area contributed by atoms with Gasteiger partial charge in [-0.15, -0.1) is 0 Å². The Labute approximate surface area is 152 Å². The van der Waals surface area contributed by atoms with Crippen LogP contribution in [0.1, 0.15) is 44.9 Å². The third kappa shape index (κ3) is 3.43. The van der Waals surface area contributed by atoms with E-state index in [0.29, 0.717) is 12.2 Å². The Morgan fingerprint density at radius 1 is 1.08 bits per heavy atom. The van der Waals surface area contributed by atoms with Gasteiger partial charge in [0.2, 0.25) is 0 Å². The summed E-state index contributed by atoms with van der Waals surface area (Å²) >= 11 is 0. The standard InChI is InChI=1S/C21H23F2NO2/c1-13-11-15-12-17(23)7-10-19(15)14(2)24(13)20(25)21(3,4)26-18-8-5-16(22)6-9-18/h5-10,12-14H,11H2,1-4H3. The predicted molar refractivity (Wildman–Crippen MR) is 95.9 cm³/mol. The lowest BCUT2D eigenvalue weighted by molar-refractivity contribution is -0.151. The maximum Gasteiger partial charge on any atom is 0.266 e. The van der Waals surface area contributed by atoms with E-state index in [2.05, 4.69) is 0 Å². The molecule has 0 spiro atoms. The van der Waals surface area contributed by atoms with Crippen molar-refractivity contribution < 1.29 is 18.3 Å². The number of carbonyl (C=O) groups is 1. The molecule has 2 aromatic carbocycles. The minimum absolute atomic E-state index is 0.0807. The highest BCUT2D eigenvalue weighted by Gasteiger charge is 2.41. The van der Waals surface area contributed by atoms with Crippen molar-refractivity contribution in [3.63, 3.8) is 0 Å². The molecular weight excluding hydrogens is 336 g/mol. The van der Waals surface area contributed by atoms with Crippen molar-refractivity contribution in [1.82, 2.24) is 4.90 Å². The number of nitrogens with zero attached hydrogens (tertiary/aromatic N) is 1. The number of carbonyl (C=O) groups excluding carboxylic acids is 1. The summed E-state index contributed by atoms with van der Waals surface area (Å²) in [5.41, 5.74) is 0.777. The molecule has 3 nitrogen and oxygen atoms in total. The van der Waals surface area contributed by atoms with Gasteiger partial charge in [0.05, 0.1) is 6.04 Å². The van der Waals surface area contributed by atoms with E-state index in [4.69, 9.17) is 4.74 Å². The third-order valence-corrected chi connectivity index (χ3v) is 4.90. The Balaban J connectivity index is 1.85. The van der Waals surface area contributed by atoms with Crippen molar-refractivity contribution in [2.45, 2.75) is 51.8 Å². The van der Waals surface area contributed by atoms with Crippen LogP contribution < -0.4 is 4.74 Å². The van der Waals surface area contributed by atoms with Crippen LogP contribution in [0.25, 0.3) is 0 Å². The minimum Gasteiger partial charge on any atom is -0.478 e. The smallest absolute Gasteiger partial charge is 0.266 e. The molecule has 1 aliphatic heterocycles. The largest absolute Gasteiger partial charge is 0.478 e. The van der Waals surface area contributed by atoms with Gasteiger partial charge in [0.25, 0.3) is 5.91 Å². The van der Waals surface area contributed by atoms with Gasteiger partial charge in [-0.25, -0.2) is 8.78 Å². The number of benzene rings is 2. The first-order valence-corrected chi connectivity index (χ1v) is 8.74. The lowest BCUT2D eigenvalue weighted by atomic mass is 9.88. The summed E-state index contributed by atoms with van der Waals surface area (Å²) in [5.74, 6) is -0.340. The topological polar surface area (TPSA) is 29.5 Å². The molecule has 26 heavy (non-hydrogen) atoms. The monoisotopic (exact) mass is 359 g/mol. The Morgan fingerprint density at radius 3 is 2.35 bits per heavy atom. The van der Waals surface area contributed by atoms with Gasteiger partial charge in [-0.2, -0.15) is 0 Å². The Bertz CT molecular complexity index is 817. The van der Waals surface area contributed by atoms with Gasteiger partial charge in [-0.05, 0) is 81.6 Å². The summed E-state index contributed by atoms with van der Waals surface area (Å²) in [6.07, 6.45) is 0.593. The fraction of sp³-hybridized carbons (Fsp3) is 0.381. The molecule has 0 saturated heterocycles. The zero-order chi connectivity index (χ0) is 19.1. The fourth-order valence-corrected chi connectivity index (χ4v) is 3.63. The quantitative estimate of drug-likeness (QED) is 0.798. The molecule has 2 aromatic rings. The number of hydrogen-bond donors (Lipinski definition) is 0. The lowest BCUT2D eigenvalue weighted by Gasteiger charge is -2.43. The molecule has 0 bridgehead atoms. The van der Waals surface area contributed by atoms with Crippen LogP contribution in [0.2, 0.25) is 0 Å². The van der Waals surface area contributed by atoms with E-state index in [9.17, 15) is 13.6 Å². The molecule has 0 aromatic heterocycles. The average molecular weight is 359 g/mol. The molecule has 138 valence electrons. The summed E-state index contributed by atoms with van der Waals surface area (Å²) in [6.45, 7) is 7.31. The second kappa shape index (κ2) is 6.71. The molecule has 2 atom stereocenters. The van der Waals surface area contributed by atoms with Gasteiger partial charge in [0.15, 0.2) is 5.60 Å². The van der Waals surface area contributed by atoms with Crippen LogP contribution in [-0.2, 0) is 11.2 Å². The van der Waals surface area contributed by atoms with Crippen LogP contribution >= 0.6 is 0 Å². The highest BCUT2D eigenvalue weighted by Crippen LogP contribution is 2.35. The SMILES string of the molecule is CC1Cc2cc(F)ccc2C(C)N1C(=O)C(C)(C)Oc1ccc(F)cc1. The molecule has 1 amide bonds. The Hall–Kier alpha value is -2.43. The van der Waals surface area contributed by atoms with Gasteiger partial charge < -0.3 is 9.64 Å². The van der Waals surface area contributed by atoms with Crippen LogP contribution in [0.3, 0.4) is 0 Å². The molecule has 3 rings (SSSR count). The van der Waals surface area contributed by atoms with Crippen molar-refractivity contribution in [1.29, 1.82) is 0 Å². The number of hydrogen-bond acceptors (Lipinski definition) is 2. The number of amides is 1. The van der Waals surface area contributed by atoms with Gasteiger partial charge in [0.1, 0.15) is 17.4 Å². The number of ether oxygens (including phenoxy) is 1. The number of fused-ring (bicyclic) bond motifs is 1. The van der Waals surface area contributed by atoms with E-state index in [1.165, 1.54) is 30.3 Å². The van der Waals surface area contributed by atoms with Gasteiger partial charge in [0, 0.05) is 6.04 Å². The molecule has 5 heteroatoms. The van der Waals surface area contributed by atoms with Crippen molar-refractivity contribution in [2.75, 3.05) is 0 Å². The van der Waals surface area contributed by atoms with Crippen LogP contribution in [-0.4, -0.2) is 22.4 Å². The van der Waals surface area contributed by atoms with Gasteiger partial charge in [-0.3, -0.25) is 4.79 Å². The second-order valence-corrected chi connectivity index (χ2v) is 7.35. The Kier molecular flexibility index (Phi) is 4.74. The highest BCUT2D eigenvalue weighted by molar-refractivity contribution is 5.85. The van der Waals surface area contributed by atoms with Crippen molar-refractivity contribution in [3.8, 4) is 5.75 Å². The van der Waals surface area contributed by atoms with E-state index >= 15 is 0 Å². The van der Waals surface area contributed by atoms with E-state index in [1.807, 2.05) is 13.8 Å². The molecule has 1 heterocycles. The first-order valence-electron chi connectivity index (χ1n) is 8.74. The van der Waals surface area contributed by atoms with Crippen molar-refractivity contribution in [3.05, 3.63) is 65.2 Å². The molecule has 0 saturated carbocycles. The maximum absolute atomic E-state index is 13.5. The first kappa shape index (κ1) is 18.4. The second-order valence-electron chi connectivity index (χ2n) is 7.35.